The van der Waals surface area contributed by atoms with Crippen molar-refractivity contribution in [1.82, 2.24) is 4.98 Å². The number of aromatic nitrogens is 1. The van der Waals surface area contributed by atoms with Crippen molar-refractivity contribution < 1.29 is 9.47 Å². The fourth-order valence-corrected chi connectivity index (χ4v) is 2.44. The van der Waals surface area contributed by atoms with Gasteiger partial charge in [0.25, 0.3) is 0 Å². The zero-order valence-electron chi connectivity index (χ0n) is 8.81. The second kappa shape index (κ2) is 5.37. The minimum absolute atomic E-state index is 0.416. The number of hydrogen-bond acceptors (Lipinski definition) is 4. The first kappa shape index (κ1) is 10.8. The largest absolute Gasteiger partial charge is 0.495 e. The lowest BCUT2D eigenvalue weighted by molar-refractivity contribution is 0.129. The maximum Gasteiger partial charge on any atom is 0.137 e. The van der Waals surface area contributed by atoms with Gasteiger partial charge in [-0.2, -0.15) is 0 Å². The maximum atomic E-state index is 5.55. The standard InChI is InChI=1S/C11H15NO2S/c1-13-9-4-5-11(12-7-9)15-8-10-3-2-6-14-10/h4-5,7,10H,2-3,6,8H2,1H3/t10-/m1/s1. The van der Waals surface area contributed by atoms with E-state index in [1.807, 2.05) is 12.1 Å². The van der Waals surface area contributed by atoms with Gasteiger partial charge in [0, 0.05) is 12.4 Å². The molecule has 2 rings (SSSR count). The molecule has 0 N–H and O–H groups in total. The second-order valence-electron chi connectivity index (χ2n) is 3.48. The lowest BCUT2D eigenvalue weighted by Crippen LogP contribution is -2.07. The van der Waals surface area contributed by atoms with Gasteiger partial charge in [0.05, 0.1) is 24.4 Å². The second-order valence-corrected chi connectivity index (χ2v) is 4.52. The van der Waals surface area contributed by atoms with Gasteiger partial charge in [0.15, 0.2) is 0 Å². The molecule has 0 amide bonds. The molecule has 1 atom stereocenters. The highest BCUT2D eigenvalue weighted by molar-refractivity contribution is 7.99. The summed E-state index contributed by atoms with van der Waals surface area (Å²) in [4.78, 5) is 4.29. The lowest BCUT2D eigenvalue weighted by atomic mass is 10.3. The van der Waals surface area contributed by atoms with Crippen LogP contribution in [0.4, 0.5) is 0 Å². The van der Waals surface area contributed by atoms with Crippen molar-refractivity contribution in [3.05, 3.63) is 18.3 Å². The normalized spacial score (nSPS) is 20.5. The lowest BCUT2D eigenvalue weighted by Gasteiger charge is -2.08. The molecule has 1 aliphatic rings. The van der Waals surface area contributed by atoms with Gasteiger partial charge in [-0.1, -0.05) is 0 Å². The molecule has 15 heavy (non-hydrogen) atoms. The Hall–Kier alpha value is -0.740. The first-order valence-corrected chi connectivity index (χ1v) is 6.11. The molecular weight excluding hydrogens is 210 g/mol. The highest BCUT2D eigenvalue weighted by atomic mass is 32.2. The van der Waals surface area contributed by atoms with Crippen molar-refractivity contribution in [2.75, 3.05) is 19.5 Å². The van der Waals surface area contributed by atoms with Gasteiger partial charge < -0.3 is 9.47 Å². The van der Waals surface area contributed by atoms with E-state index in [4.69, 9.17) is 9.47 Å². The quantitative estimate of drug-likeness (QED) is 0.736. The molecular formula is C11H15NO2S. The third kappa shape index (κ3) is 3.11. The van der Waals surface area contributed by atoms with E-state index in [-0.39, 0.29) is 0 Å². The highest BCUT2D eigenvalue weighted by Crippen LogP contribution is 2.23. The zero-order chi connectivity index (χ0) is 10.5. The summed E-state index contributed by atoms with van der Waals surface area (Å²) >= 11 is 1.75. The van der Waals surface area contributed by atoms with Crippen LogP contribution in [0.1, 0.15) is 12.8 Å². The number of rotatable bonds is 4. The summed E-state index contributed by atoms with van der Waals surface area (Å²) in [7, 11) is 1.65. The molecule has 1 fully saturated rings. The van der Waals surface area contributed by atoms with Gasteiger partial charge in [0.1, 0.15) is 5.75 Å². The van der Waals surface area contributed by atoms with Crippen LogP contribution in [0.5, 0.6) is 5.75 Å². The summed E-state index contributed by atoms with van der Waals surface area (Å²) in [6.07, 6.45) is 4.54. The summed E-state index contributed by atoms with van der Waals surface area (Å²) in [5.74, 6) is 1.80. The number of hydrogen-bond donors (Lipinski definition) is 0. The number of pyridine rings is 1. The molecule has 0 aliphatic carbocycles. The predicted molar refractivity (Wildman–Crippen MR) is 60.5 cm³/mol. The molecule has 3 nitrogen and oxygen atoms in total. The van der Waals surface area contributed by atoms with E-state index in [0.717, 1.165) is 23.1 Å². The van der Waals surface area contributed by atoms with Gasteiger partial charge in [-0.05, 0) is 25.0 Å². The van der Waals surface area contributed by atoms with Crippen LogP contribution in [0.2, 0.25) is 0 Å². The van der Waals surface area contributed by atoms with Crippen LogP contribution in [-0.2, 0) is 4.74 Å². The number of thioether (sulfide) groups is 1. The van der Waals surface area contributed by atoms with Gasteiger partial charge in [-0.15, -0.1) is 11.8 Å². The van der Waals surface area contributed by atoms with E-state index >= 15 is 0 Å². The molecule has 0 saturated carbocycles. The predicted octanol–water partition coefficient (Wildman–Crippen LogP) is 2.36. The Morgan fingerprint density at radius 3 is 3.13 bits per heavy atom. The van der Waals surface area contributed by atoms with Crippen molar-refractivity contribution in [3.63, 3.8) is 0 Å². The topological polar surface area (TPSA) is 31.4 Å². The molecule has 2 heterocycles. The highest BCUT2D eigenvalue weighted by Gasteiger charge is 2.15. The Balaban J connectivity index is 1.82. The molecule has 1 aromatic heterocycles. The fourth-order valence-electron chi connectivity index (χ4n) is 1.53. The Bertz CT molecular complexity index is 296. The average Bonchev–Trinajstić information content (AvgIpc) is 2.80. The van der Waals surface area contributed by atoms with Gasteiger partial charge in [-0.3, -0.25) is 0 Å². The first-order valence-electron chi connectivity index (χ1n) is 5.13. The summed E-state index contributed by atoms with van der Waals surface area (Å²) in [5.41, 5.74) is 0. The number of methoxy groups -OCH3 is 1. The Kier molecular flexibility index (Phi) is 3.86. The summed E-state index contributed by atoms with van der Waals surface area (Å²) in [6.45, 7) is 0.918. The third-order valence-corrected chi connectivity index (χ3v) is 3.46. The maximum absolute atomic E-state index is 5.55. The summed E-state index contributed by atoms with van der Waals surface area (Å²) < 4.78 is 10.6. The van der Waals surface area contributed by atoms with Gasteiger partial charge in [-0.25, -0.2) is 4.98 Å². The molecule has 1 aromatic rings. The minimum atomic E-state index is 0.416. The molecule has 4 heteroatoms. The monoisotopic (exact) mass is 225 g/mol. The Morgan fingerprint density at radius 1 is 1.60 bits per heavy atom. The van der Waals surface area contributed by atoms with E-state index in [1.165, 1.54) is 12.8 Å². The van der Waals surface area contributed by atoms with Crippen LogP contribution in [0.15, 0.2) is 23.4 Å². The van der Waals surface area contributed by atoms with Crippen LogP contribution < -0.4 is 4.74 Å². The smallest absolute Gasteiger partial charge is 0.137 e. The van der Waals surface area contributed by atoms with Crippen LogP contribution in [0.25, 0.3) is 0 Å². The van der Waals surface area contributed by atoms with Crippen LogP contribution in [-0.4, -0.2) is 30.6 Å². The molecule has 1 aliphatic heterocycles. The van der Waals surface area contributed by atoms with E-state index < -0.39 is 0 Å². The van der Waals surface area contributed by atoms with Crippen molar-refractivity contribution in [2.24, 2.45) is 0 Å². The molecule has 0 bridgehead atoms. The Morgan fingerprint density at radius 2 is 2.53 bits per heavy atom. The Labute approximate surface area is 94.2 Å². The molecule has 1 saturated heterocycles. The van der Waals surface area contributed by atoms with Crippen molar-refractivity contribution in [3.8, 4) is 5.75 Å². The first-order chi connectivity index (χ1) is 7.38. The fraction of sp³-hybridized carbons (Fsp3) is 0.545. The van der Waals surface area contributed by atoms with E-state index in [2.05, 4.69) is 4.98 Å². The number of nitrogens with zero attached hydrogens (tertiary/aromatic N) is 1. The van der Waals surface area contributed by atoms with Crippen molar-refractivity contribution in [2.45, 2.75) is 24.0 Å². The molecule has 0 unspecified atom stereocenters. The molecule has 0 aromatic carbocycles. The average molecular weight is 225 g/mol. The number of ether oxygens (including phenoxy) is 2. The third-order valence-electron chi connectivity index (χ3n) is 2.39. The van der Waals surface area contributed by atoms with Gasteiger partial charge in [0.2, 0.25) is 0 Å². The molecule has 0 radical (unpaired) electrons. The van der Waals surface area contributed by atoms with E-state index in [0.29, 0.717) is 6.10 Å². The van der Waals surface area contributed by atoms with Crippen LogP contribution >= 0.6 is 11.8 Å². The molecule has 82 valence electrons. The van der Waals surface area contributed by atoms with E-state index in [9.17, 15) is 0 Å². The SMILES string of the molecule is COc1ccc(SC[C@H]2CCCO2)nc1. The van der Waals surface area contributed by atoms with Gasteiger partial charge >= 0.3 is 0 Å². The minimum Gasteiger partial charge on any atom is -0.495 e. The van der Waals surface area contributed by atoms with Crippen LogP contribution in [0, 0.1) is 0 Å². The summed E-state index contributed by atoms with van der Waals surface area (Å²) in [5, 5.41) is 1.03. The van der Waals surface area contributed by atoms with Crippen molar-refractivity contribution in [1.29, 1.82) is 0 Å². The van der Waals surface area contributed by atoms with Crippen molar-refractivity contribution >= 4 is 11.8 Å². The summed E-state index contributed by atoms with van der Waals surface area (Å²) in [6, 6.07) is 3.92. The molecule has 0 spiro atoms. The van der Waals surface area contributed by atoms with Crippen LogP contribution in [0.3, 0.4) is 0 Å². The van der Waals surface area contributed by atoms with E-state index in [1.54, 1.807) is 25.1 Å². The zero-order valence-corrected chi connectivity index (χ0v) is 9.63.